The second-order valence-electron chi connectivity index (χ2n) is 12.4. The van der Waals surface area contributed by atoms with Gasteiger partial charge in [0.05, 0.1) is 36.4 Å². The Hall–Kier alpha value is -2.50. The van der Waals surface area contributed by atoms with E-state index in [-0.39, 0.29) is 30.1 Å². The average Bonchev–Trinajstić information content (AvgIpc) is 2.94. The van der Waals surface area contributed by atoms with Gasteiger partial charge in [-0.25, -0.2) is 4.79 Å². The minimum atomic E-state index is -1.26. The van der Waals surface area contributed by atoms with Gasteiger partial charge in [-0.2, -0.15) is 0 Å². The van der Waals surface area contributed by atoms with Crippen molar-refractivity contribution in [2.24, 2.45) is 47.2 Å². The van der Waals surface area contributed by atoms with Gasteiger partial charge >= 0.3 is 12.1 Å². The molecule has 248 valence electrons. The zero-order valence-corrected chi connectivity index (χ0v) is 27.1. The van der Waals surface area contributed by atoms with Crippen LogP contribution in [0.4, 0.5) is 4.79 Å². The molecule has 0 unspecified atom stereocenters. The van der Waals surface area contributed by atoms with Gasteiger partial charge in [-0.1, -0.05) is 90.2 Å². The molecule has 0 spiro atoms. The molecule has 0 aliphatic heterocycles. The Morgan fingerprint density at radius 3 is 1.91 bits per heavy atom. The van der Waals surface area contributed by atoms with E-state index < -0.39 is 66.4 Å². The molecular weight excluding hydrogens is 554 g/mol. The van der Waals surface area contributed by atoms with Crippen LogP contribution in [0.3, 0.4) is 0 Å². The molecule has 10 heteroatoms. The number of hydrogen-bond acceptors (Lipinski definition) is 8. The van der Waals surface area contributed by atoms with E-state index in [1.165, 1.54) is 19.9 Å². The van der Waals surface area contributed by atoms with Gasteiger partial charge in [0, 0.05) is 36.0 Å². The van der Waals surface area contributed by atoms with E-state index in [0.717, 1.165) is 5.57 Å². The third kappa shape index (κ3) is 14.2. The summed E-state index contributed by atoms with van der Waals surface area (Å²) < 4.78 is 5.35. The summed E-state index contributed by atoms with van der Waals surface area (Å²) in [6, 6.07) is 0. The van der Waals surface area contributed by atoms with Crippen LogP contribution in [-0.2, 0) is 9.53 Å². The molecule has 0 aromatic heterocycles. The fraction of sp³-hybridized carbons (Fsp3) is 0.697. The molecule has 0 radical (unpaired) electrons. The van der Waals surface area contributed by atoms with Crippen LogP contribution in [0.15, 0.2) is 48.6 Å². The minimum Gasteiger partial charge on any atom is -0.481 e. The van der Waals surface area contributed by atoms with Crippen molar-refractivity contribution >= 4 is 12.1 Å². The Kier molecular flexibility index (Phi) is 18.6. The van der Waals surface area contributed by atoms with Crippen LogP contribution in [0.1, 0.15) is 68.2 Å². The summed E-state index contributed by atoms with van der Waals surface area (Å²) in [7, 11) is 0. The number of aliphatic hydroxyl groups is 5. The van der Waals surface area contributed by atoms with Crippen molar-refractivity contribution in [3.05, 3.63) is 48.6 Å². The van der Waals surface area contributed by atoms with Gasteiger partial charge in [-0.15, -0.1) is 0 Å². The minimum absolute atomic E-state index is 0.0915. The van der Waals surface area contributed by atoms with Crippen molar-refractivity contribution in [1.29, 1.82) is 0 Å². The number of carbonyl (C=O) groups excluding carboxylic acids is 1. The maximum atomic E-state index is 11.5. The normalized spacial score (nSPS) is 21.9. The number of amides is 1. The van der Waals surface area contributed by atoms with E-state index >= 15 is 0 Å². The number of carbonyl (C=O) groups is 2. The van der Waals surface area contributed by atoms with Crippen molar-refractivity contribution in [3.8, 4) is 0 Å². The number of carboxylic acid groups (broad SMARTS) is 1. The highest BCUT2D eigenvalue weighted by atomic mass is 16.6. The molecule has 0 aliphatic rings. The van der Waals surface area contributed by atoms with Crippen molar-refractivity contribution in [2.75, 3.05) is 0 Å². The molecule has 0 rings (SSSR count). The summed E-state index contributed by atoms with van der Waals surface area (Å²) in [5.74, 6) is -4.32. The number of allylic oxidation sites excluding steroid dienone is 3. The summed E-state index contributed by atoms with van der Waals surface area (Å²) in [5, 5.41) is 61.9. The predicted octanol–water partition coefficient (Wildman–Crippen LogP) is 3.82. The monoisotopic (exact) mass is 611 g/mol. The van der Waals surface area contributed by atoms with Gasteiger partial charge in [0.25, 0.3) is 0 Å². The number of hydrogen-bond donors (Lipinski definition) is 7. The first-order chi connectivity index (χ1) is 19.8. The number of carboxylic acids is 1. The van der Waals surface area contributed by atoms with Crippen LogP contribution in [0, 0.1) is 41.4 Å². The van der Waals surface area contributed by atoms with Gasteiger partial charge in [0.1, 0.15) is 6.10 Å². The van der Waals surface area contributed by atoms with Crippen molar-refractivity contribution in [1.82, 2.24) is 0 Å². The van der Waals surface area contributed by atoms with E-state index in [1.807, 2.05) is 46.8 Å². The van der Waals surface area contributed by atoms with E-state index in [1.54, 1.807) is 25.2 Å². The van der Waals surface area contributed by atoms with Gasteiger partial charge in [-0.3, -0.25) is 4.79 Å². The van der Waals surface area contributed by atoms with Crippen LogP contribution < -0.4 is 5.73 Å². The molecule has 0 saturated carbocycles. The van der Waals surface area contributed by atoms with Gasteiger partial charge < -0.3 is 41.1 Å². The summed E-state index contributed by atoms with van der Waals surface area (Å²) >= 11 is 0. The SMILES string of the molecule is C=C/C=C\[C@H](C)[C@H](OC(N)=O)[C@@H](C)[C@H](O)[C@@H](C)C/C(C)=C\[C@H](C)[C@@H](O)[C@@H](C)/C=C\[C@@H](O)C[C@H](O)[C@H](C)[C@H](O)[C@@H](C)C(=O)O. The third-order valence-corrected chi connectivity index (χ3v) is 8.40. The van der Waals surface area contributed by atoms with E-state index in [0.29, 0.717) is 6.42 Å². The molecule has 8 N–H and O–H groups in total. The summed E-state index contributed by atoms with van der Waals surface area (Å²) in [6.45, 7) is 17.8. The quantitative estimate of drug-likeness (QED) is 0.0792. The van der Waals surface area contributed by atoms with Gasteiger partial charge in [0.2, 0.25) is 0 Å². The lowest BCUT2D eigenvalue weighted by molar-refractivity contribution is -0.147. The topological polar surface area (TPSA) is 191 Å². The van der Waals surface area contributed by atoms with E-state index in [9.17, 15) is 35.1 Å². The van der Waals surface area contributed by atoms with Crippen molar-refractivity contribution in [3.63, 3.8) is 0 Å². The third-order valence-electron chi connectivity index (χ3n) is 8.40. The zero-order valence-electron chi connectivity index (χ0n) is 27.1. The largest absolute Gasteiger partial charge is 0.481 e. The van der Waals surface area contributed by atoms with E-state index in [4.69, 9.17) is 15.6 Å². The van der Waals surface area contributed by atoms with Crippen molar-refractivity contribution in [2.45, 2.75) is 105 Å². The fourth-order valence-corrected chi connectivity index (χ4v) is 5.41. The highest BCUT2D eigenvalue weighted by Crippen LogP contribution is 2.29. The fourth-order valence-electron chi connectivity index (χ4n) is 5.41. The Labute approximate surface area is 257 Å². The maximum absolute atomic E-state index is 11.5. The molecular formula is C33H57NO9. The Bertz CT molecular complexity index is 949. The molecule has 0 aromatic carbocycles. The number of rotatable bonds is 20. The second-order valence-corrected chi connectivity index (χ2v) is 12.4. The first-order valence-corrected chi connectivity index (χ1v) is 15.1. The Balaban J connectivity index is 5.21. The molecule has 13 atom stereocenters. The Morgan fingerprint density at radius 2 is 1.40 bits per heavy atom. The lowest BCUT2D eigenvalue weighted by Gasteiger charge is -2.33. The summed E-state index contributed by atoms with van der Waals surface area (Å²) in [6.07, 6.45) is 4.24. The summed E-state index contributed by atoms with van der Waals surface area (Å²) in [5.41, 5.74) is 6.26. The number of aliphatic carboxylic acids is 1. The standard InChI is InChI=1S/C33H57NO9/c1-10-11-12-20(4)31(43-33(34)42)24(8)29(38)22(6)16-18(2)15-21(5)28(37)19(3)13-14-26(35)17-27(36)23(7)30(39)25(9)32(40)41/h10-15,19-31,35-39H,1,16-17H2,2-9H3,(H2,34,42)(H,40,41)/b12-11-,14-13-,18-15-/t19-,20-,21-,22-,23-,24-,25+,26+,27-,28-,29+,30-,31-/m0/s1. The molecule has 0 saturated heterocycles. The van der Waals surface area contributed by atoms with Crippen LogP contribution in [0.25, 0.3) is 0 Å². The maximum Gasteiger partial charge on any atom is 0.404 e. The molecule has 10 nitrogen and oxygen atoms in total. The Morgan fingerprint density at radius 1 is 0.814 bits per heavy atom. The van der Waals surface area contributed by atoms with E-state index in [2.05, 4.69) is 6.58 Å². The van der Waals surface area contributed by atoms with Crippen molar-refractivity contribution < 1.29 is 45.0 Å². The molecule has 0 heterocycles. The zero-order chi connectivity index (χ0) is 33.6. The first-order valence-electron chi connectivity index (χ1n) is 15.1. The van der Waals surface area contributed by atoms with Gasteiger partial charge in [-0.05, 0) is 26.2 Å². The van der Waals surface area contributed by atoms with Crippen LogP contribution >= 0.6 is 0 Å². The van der Waals surface area contributed by atoms with Gasteiger partial charge in [0.15, 0.2) is 0 Å². The molecule has 0 bridgehead atoms. The van der Waals surface area contributed by atoms with Crippen LogP contribution in [0.5, 0.6) is 0 Å². The van der Waals surface area contributed by atoms with Crippen LogP contribution in [0.2, 0.25) is 0 Å². The molecule has 0 aromatic rings. The molecule has 0 aliphatic carbocycles. The number of primary amides is 1. The average molecular weight is 612 g/mol. The van der Waals surface area contributed by atoms with Crippen LogP contribution in [-0.4, -0.2) is 79.3 Å². The first kappa shape index (κ1) is 40.5. The molecule has 43 heavy (non-hydrogen) atoms. The highest BCUT2D eigenvalue weighted by molar-refractivity contribution is 5.70. The predicted molar refractivity (Wildman–Crippen MR) is 168 cm³/mol. The number of aliphatic hydroxyl groups excluding tert-OH is 5. The molecule has 0 fully saturated rings. The highest BCUT2D eigenvalue weighted by Gasteiger charge is 2.34. The lowest BCUT2D eigenvalue weighted by atomic mass is 9.81. The number of ether oxygens (including phenoxy) is 1. The lowest BCUT2D eigenvalue weighted by Crippen LogP contribution is -2.41. The number of nitrogens with two attached hydrogens (primary N) is 1. The smallest absolute Gasteiger partial charge is 0.404 e. The summed E-state index contributed by atoms with van der Waals surface area (Å²) in [4.78, 5) is 22.6. The second kappa shape index (κ2) is 19.7. The molecule has 1 amide bonds.